The zero-order valence-corrected chi connectivity index (χ0v) is 21.1. The van der Waals surface area contributed by atoms with Gasteiger partial charge < -0.3 is 15.5 Å². The maximum Gasteiger partial charge on any atom is 0.256 e. The lowest BCUT2D eigenvalue weighted by Gasteiger charge is -2.28. The maximum atomic E-state index is 13.2. The highest BCUT2D eigenvalue weighted by atomic mass is 35.5. The molecule has 1 atom stereocenters. The van der Waals surface area contributed by atoms with Crippen molar-refractivity contribution in [2.45, 2.75) is 51.6 Å². The molecule has 8 nitrogen and oxygen atoms in total. The van der Waals surface area contributed by atoms with Crippen LogP contribution in [0.15, 0.2) is 30.6 Å². The molecule has 4 rings (SSSR count). The molecule has 0 saturated heterocycles. The first kappa shape index (κ1) is 25.1. The number of rotatable bonds is 6. The molecule has 3 aromatic rings. The van der Waals surface area contributed by atoms with Crippen molar-refractivity contribution >= 4 is 34.7 Å². The summed E-state index contributed by atoms with van der Waals surface area (Å²) in [5.74, 6) is -1.01. The van der Waals surface area contributed by atoms with E-state index in [0.717, 1.165) is 11.3 Å². The van der Waals surface area contributed by atoms with Crippen molar-refractivity contribution in [3.05, 3.63) is 58.3 Å². The monoisotopic (exact) mass is 500 g/mol. The number of aryl methyl sites for hydroxylation is 1. The van der Waals surface area contributed by atoms with E-state index in [4.69, 9.17) is 11.6 Å². The summed E-state index contributed by atoms with van der Waals surface area (Å²) in [6.07, 6.45) is 5.99. The number of anilines is 1. The number of benzene rings is 1. The van der Waals surface area contributed by atoms with Crippen molar-refractivity contribution in [2.75, 3.05) is 19.4 Å². The first-order valence-electron chi connectivity index (χ1n) is 11.7. The van der Waals surface area contributed by atoms with E-state index in [1.54, 1.807) is 10.7 Å². The maximum absolute atomic E-state index is 13.2. The molecule has 2 heterocycles. The number of halogens is 2. The van der Waals surface area contributed by atoms with E-state index < -0.39 is 5.82 Å². The summed E-state index contributed by atoms with van der Waals surface area (Å²) in [6.45, 7) is 4.07. The minimum Gasteiger partial charge on any atom is -0.349 e. The van der Waals surface area contributed by atoms with Gasteiger partial charge >= 0.3 is 0 Å². The summed E-state index contributed by atoms with van der Waals surface area (Å²) in [4.78, 5) is 32.3. The molecule has 2 aromatic heterocycles. The zero-order valence-electron chi connectivity index (χ0n) is 20.3. The lowest BCUT2D eigenvalue weighted by atomic mass is 9.85. The first-order chi connectivity index (χ1) is 16.7. The Bertz CT molecular complexity index is 1250. The Hall–Kier alpha value is -3.04. The molecular weight excluding hydrogens is 471 g/mol. The van der Waals surface area contributed by atoms with Crippen LogP contribution in [0.25, 0.3) is 5.65 Å². The number of nitrogens with zero attached hydrogens (tertiary/aromatic N) is 4. The van der Waals surface area contributed by atoms with Gasteiger partial charge in [-0.2, -0.15) is 5.10 Å². The second-order valence-corrected chi connectivity index (χ2v) is 9.77. The SMILES string of the molecule is Cc1c(C(C)N(C)C)cnc2c(C(=O)N[C@H]3CC[C@H](C(=O)Nc4ccc(F)cc4Cl)CC3)cnn12. The molecule has 0 bridgehead atoms. The number of carbonyl (C=O) groups is 2. The summed E-state index contributed by atoms with van der Waals surface area (Å²) in [7, 11) is 4.01. The van der Waals surface area contributed by atoms with Gasteiger partial charge in [-0.1, -0.05) is 11.6 Å². The largest absolute Gasteiger partial charge is 0.349 e. The van der Waals surface area contributed by atoms with Gasteiger partial charge in [0, 0.05) is 35.5 Å². The number of aromatic nitrogens is 3. The van der Waals surface area contributed by atoms with E-state index in [1.165, 1.54) is 18.2 Å². The second kappa shape index (κ2) is 10.3. The first-order valence-corrected chi connectivity index (χ1v) is 12.1. The summed E-state index contributed by atoms with van der Waals surface area (Å²) in [6, 6.07) is 4.01. The number of amides is 2. The predicted octanol–water partition coefficient (Wildman–Crippen LogP) is 4.38. The van der Waals surface area contributed by atoms with Crippen LogP contribution in [-0.2, 0) is 4.79 Å². The van der Waals surface area contributed by atoms with Crippen LogP contribution in [0.5, 0.6) is 0 Å². The van der Waals surface area contributed by atoms with Gasteiger partial charge in [0.15, 0.2) is 5.65 Å². The van der Waals surface area contributed by atoms with Crippen molar-refractivity contribution < 1.29 is 14.0 Å². The summed E-state index contributed by atoms with van der Waals surface area (Å²) < 4.78 is 14.9. The average Bonchev–Trinajstić information content (AvgIpc) is 3.26. The molecule has 1 unspecified atom stereocenters. The molecule has 0 spiro atoms. The highest BCUT2D eigenvalue weighted by molar-refractivity contribution is 6.33. The highest BCUT2D eigenvalue weighted by Crippen LogP contribution is 2.29. The Morgan fingerprint density at radius 1 is 1.20 bits per heavy atom. The van der Waals surface area contributed by atoms with Crippen LogP contribution in [0.4, 0.5) is 10.1 Å². The van der Waals surface area contributed by atoms with E-state index >= 15 is 0 Å². The molecule has 10 heteroatoms. The van der Waals surface area contributed by atoms with E-state index in [0.29, 0.717) is 42.6 Å². The second-order valence-electron chi connectivity index (χ2n) is 9.37. The summed E-state index contributed by atoms with van der Waals surface area (Å²) >= 11 is 6.01. The molecule has 0 radical (unpaired) electrons. The van der Waals surface area contributed by atoms with Crippen LogP contribution >= 0.6 is 11.6 Å². The van der Waals surface area contributed by atoms with Crippen LogP contribution in [0.1, 0.15) is 60.3 Å². The molecule has 2 N–H and O–H groups in total. The average molecular weight is 501 g/mol. The van der Waals surface area contributed by atoms with Crippen LogP contribution in [0.3, 0.4) is 0 Å². The fourth-order valence-electron chi connectivity index (χ4n) is 4.50. The number of carbonyl (C=O) groups excluding carboxylic acids is 2. The van der Waals surface area contributed by atoms with Gasteiger partial charge in [-0.3, -0.25) is 9.59 Å². The number of hydrogen-bond donors (Lipinski definition) is 2. The fraction of sp³-hybridized carbons (Fsp3) is 0.440. The van der Waals surface area contributed by atoms with Gasteiger partial charge in [-0.05, 0) is 71.8 Å². The third kappa shape index (κ3) is 5.31. The standard InChI is InChI=1S/C25H30ClFN6O2/c1-14(32(3)4)19-12-28-23-20(13-29-33(23)15(19)2)25(35)30-18-8-5-16(6-9-18)24(34)31-22-10-7-17(27)11-21(22)26/h7,10-14,16,18H,5-6,8-9H2,1-4H3,(H,30,35)(H,31,34)/t14?,16-,18-. The zero-order chi connectivity index (χ0) is 25.3. The molecule has 1 aliphatic rings. The molecule has 1 aromatic carbocycles. The van der Waals surface area contributed by atoms with Gasteiger partial charge in [0.05, 0.1) is 16.9 Å². The van der Waals surface area contributed by atoms with Crippen molar-refractivity contribution in [3.8, 4) is 0 Å². The Kier molecular flexibility index (Phi) is 7.37. The molecule has 186 valence electrons. The molecule has 2 amide bonds. The molecule has 0 aliphatic heterocycles. The number of fused-ring (bicyclic) bond motifs is 1. The lowest BCUT2D eigenvalue weighted by molar-refractivity contribution is -0.120. The normalized spacial score (nSPS) is 19.1. The number of hydrogen-bond acceptors (Lipinski definition) is 5. The third-order valence-electron chi connectivity index (χ3n) is 6.90. The van der Waals surface area contributed by atoms with Gasteiger partial charge in [0.25, 0.3) is 5.91 Å². The Morgan fingerprint density at radius 2 is 1.91 bits per heavy atom. The minimum atomic E-state index is -0.454. The van der Waals surface area contributed by atoms with Crippen molar-refractivity contribution in [3.63, 3.8) is 0 Å². The van der Waals surface area contributed by atoms with E-state index in [-0.39, 0.29) is 34.8 Å². The lowest BCUT2D eigenvalue weighted by Crippen LogP contribution is -2.39. The van der Waals surface area contributed by atoms with E-state index in [1.807, 2.05) is 27.2 Å². The molecular formula is C25H30ClFN6O2. The molecule has 1 aliphatic carbocycles. The minimum absolute atomic E-state index is 0.0370. The predicted molar refractivity (Wildman–Crippen MR) is 133 cm³/mol. The van der Waals surface area contributed by atoms with E-state index in [9.17, 15) is 14.0 Å². The Labute approximate surface area is 208 Å². The van der Waals surface area contributed by atoms with Crippen molar-refractivity contribution in [2.24, 2.45) is 5.92 Å². The smallest absolute Gasteiger partial charge is 0.256 e. The van der Waals surface area contributed by atoms with Crippen molar-refractivity contribution in [1.29, 1.82) is 0 Å². The van der Waals surface area contributed by atoms with Crippen LogP contribution in [0.2, 0.25) is 5.02 Å². The van der Waals surface area contributed by atoms with E-state index in [2.05, 4.69) is 32.5 Å². The molecule has 1 saturated carbocycles. The summed E-state index contributed by atoms with van der Waals surface area (Å²) in [5, 5.41) is 10.4. The Morgan fingerprint density at radius 3 is 2.57 bits per heavy atom. The van der Waals surface area contributed by atoms with Gasteiger partial charge in [-0.15, -0.1) is 0 Å². The van der Waals surface area contributed by atoms with Crippen LogP contribution in [0, 0.1) is 18.7 Å². The fourth-order valence-corrected chi connectivity index (χ4v) is 4.71. The quantitative estimate of drug-likeness (QED) is 0.524. The molecule has 35 heavy (non-hydrogen) atoms. The number of nitrogens with one attached hydrogen (secondary N) is 2. The van der Waals surface area contributed by atoms with Crippen LogP contribution in [-0.4, -0.2) is 51.4 Å². The van der Waals surface area contributed by atoms with Gasteiger partial charge in [0.1, 0.15) is 11.4 Å². The van der Waals surface area contributed by atoms with Crippen molar-refractivity contribution in [1.82, 2.24) is 24.8 Å². The molecule has 1 fully saturated rings. The highest BCUT2D eigenvalue weighted by Gasteiger charge is 2.28. The van der Waals surface area contributed by atoms with Gasteiger partial charge in [0.2, 0.25) is 5.91 Å². The summed E-state index contributed by atoms with van der Waals surface area (Å²) in [5.41, 5.74) is 3.36. The third-order valence-corrected chi connectivity index (χ3v) is 7.21. The van der Waals surface area contributed by atoms with Crippen LogP contribution < -0.4 is 10.6 Å². The van der Waals surface area contributed by atoms with Gasteiger partial charge in [-0.25, -0.2) is 13.9 Å². The topological polar surface area (TPSA) is 91.6 Å². The Balaban J connectivity index is 1.36.